The summed E-state index contributed by atoms with van der Waals surface area (Å²) < 4.78 is 10.9. The summed E-state index contributed by atoms with van der Waals surface area (Å²) in [6.45, 7) is 7.58. The first-order chi connectivity index (χ1) is 14.0. The van der Waals surface area contributed by atoms with Crippen molar-refractivity contribution in [3.05, 3.63) is 70.8 Å². The fourth-order valence-electron chi connectivity index (χ4n) is 2.68. The molecule has 0 aliphatic heterocycles. The molecule has 0 aromatic heterocycles. The Hall–Kier alpha value is -2.59. The summed E-state index contributed by atoms with van der Waals surface area (Å²) in [6.07, 6.45) is 5.41. The van der Waals surface area contributed by atoms with Gasteiger partial charge < -0.3 is 14.4 Å². The average Bonchev–Trinajstić information content (AvgIpc) is 2.72. The SMILES string of the molecule is CC.COC(=O)Cc1ccc(OCc2ccccc2C)c(/C=C\CCN(C)C)c1. The Morgan fingerprint density at radius 3 is 2.48 bits per heavy atom. The van der Waals surface area contributed by atoms with E-state index >= 15 is 0 Å². The van der Waals surface area contributed by atoms with E-state index in [0.717, 1.165) is 29.8 Å². The summed E-state index contributed by atoms with van der Waals surface area (Å²) in [6, 6.07) is 14.1. The van der Waals surface area contributed by atoms with Gasteiger partial charge in [0, 0.05) is 12.1 Å². The average molecular weight is 398 g/mol. The standard InChI is InChI=1S/C23H29NO3.C2H6/c1-18-9-5-6-11-21(18)17-27-22-13-12-19(16-23(25)26-4)15-20(22)10-7-8-14-24(2)3;1-2/h5-7,9-13,15H,8,14,16-17H2,1-4H3;1-2H3/b10-7-;. The number of carbonyl (C=O) groups excluding carboxylic acids is 1. The quantitative estimate of drug-likeness (QED) is 0.540. The lowest BCUT2D eigenvalue weighted by atomic mass is 10.1. The molecular weight excluding hydrogens is 362 g/mol. The van der Waals surface area contributed by atoms with Crippen LogP contribution in [0, 0.1) is 6.92 Å². The minimum Gasteiger partial charge on any atom is -0.488 e. The van der Waals surface area contributed by atoms with E-state index in [4.69, 9.17) is 9.47 Å². The van der Waals surface area contributed by atoms with Crippen LogP contribution >= 0.6 is 0 Å². The molecule has 2 aromatic rings. The monoisotopic (exact) mass is 397 g/mol. The van der Waals surface area contributed by atoms with Crippen molar-refractivity contribution in [1.82, 2.24) is 4.90 Å². The fraction of sp³-hybridized carbons (Fsp3) is 0.400. The van der Waals surface area contributed by atoms with Gasteiger partial charge >= 0.3 is 5.97 Å². The van der Waals surface area contributed by atoms with E-state index in [9.17, 15) is 4.79 Å². The molecule has 0 radical (unpaired) electrons. The number of hydrogen-bond acceptors (Lipinski definition) is 4. The number of esters is 1. The van der Waals surface area contributed by atoms with E-state index in [2.05, 4.69) is 50.2 Å². The predicted octanol–water partition coefficient (Wildman–Crippen LogP) is 5.28. The van der Waals surface area contributed by atoms with Crippen LogP contribution in [0.15, 0.2) is 48.5 Å². The third kappa shape index (κ3) is 8.97. The molecule has 0 fully saturated rings. The Labute approximate surface area is 176 Å². The Morgan fingerprint density at radius 1 is 1.10 bits per heavy atom. The van der Waals surface area contributed by atoms with Crippen molar-refractivity contribution < 1.29 is 14.3 Å². The van der Waals surface area contributed by atoms with Crippen molar-refractivity contribution in [3.63, 3.8) is 0 Å². The maximum atomic E-state index is 11.6. The van der Waals surface area contributed by atoms with Crippen LogP contribution in [0.5, 0.6) is 5.75 Å². The zero-order valence-corrected chi connectivity index (χ0v) is 18.7. The summed E-state index contributed by atoms with van der Waals surface area (Å²) in [7, 11) is 5.52. The van der Waals surface area contributed by atoms with Gasteiger partial charge in [-0.05, 0) is 56.3 Å². The first-order valence-corrected chi connectivity index (χ1v) is 10.2. The van der Waals surface area contributed by atoms with E-state index in [-0.39, 0.29) is 12.4 Å². The van der Waals surface area contributed by atoms with Crippen LogP contribution in [-0.4, -0.2) is 38.6 Å². The van der Waals surface area contributed by atoms with Crippen molar-refractivity contribution in [2.75, 3.05) is 27.7 Å². The van der Waals surface area contributed by atoms with E-state index in [1.807, 2.05) is 44.2 Å². The van der Waals surface area contributed by atoms with Crippen molar-refractivity contribution in [1.29, 1.82) is 0 Å². The second kappa shape index (κ2) is 13.6. The summed E-state index contributed by atoms with van der Waals surface area (Å²) >= 11 is 0. The third-order valence-electron chi connectivity index (χ3n) is 4.34. The molecule has 29 heavy (non-hydrogen) atoms. The molecule has 0 bridgehead atoms. The molecule has 2 aromatic carbocycles. The normalized spacial score (nSPS) is 10.6. The van der Waals surface area contributed by atoms with Gasteiger partial charge in [0.1, 0.15) is 12.4 Å². The molecule has 0 amide bonds. The van der Waals surface area contributed by atoms with Gasteiger partial charge in [0.05, 0.1) is 13.5 Å². The molecule has 158 valence electrons. The summed E-state index contributed by atoms with van der Waals surface area (Å²) in [4.78, 5) is 13.7. The zero-order chi connectivity index (χ0) is 21.6. The lowest BCUT2D eigenvalue weighted by Crippen LogP contribution is -2.11. The molecule has 4 heteroatoms. The lowest BCUT2D eigenvalue weighted by molar-refractivity contribution is -0.139. The number of rotatable bonds is 9. The third-order valence-corrected chi connectivity index (χ3v) is 4.34. The van der Waals surface area contributed by atoms with Gasteiger partial charge in [0.15, 0.2) is 0 Å². The van der Waals surface area contributed by atoms with E-state index in [0.29, 0.717) is 6.61 Å². The van der Waals surface area contributed by atoms with Crippen LogP contribution < -0.4 is 4.74 Å². The number of methoxy groups -OCH3 is 1. The molecule has 0 aliphatic carbocycles. The molecule has 0 spiro atoms. The molecule has 0 heterocycles. The van der Waals surface area contributed by atoms with Gasteiger partial charge in [-0.2, -0.15) is 0 Å². The fourth-order valence-corrected chi connectivity index (χ4v) is 2.68. The summed E-state index contributed by atoms with van der Waals surface area (Å²) in [5.41, 5.74) is 4.27. The lowest BCUT2D eigenvalue weighted by Gasteiger charge is -2.13. The first-order valence-electron chi connectivity index (χ1n) is 10.2. The molecular formula is C25H35NO3. The molecule has 0 atom stereocenters. The van der Waals surface area contributed by atoms with Crippen LogP contribution in [0.1, 0.15) is 42.5 Å². The van der Waals surface area contributed by atoms with Gasteiger partial charge in [-0.25, -0.2) is 0 Å². The van der Waals surface area contributed by atoms with Crippen molar-refractivity contribution >= 4 is 12.0 Å². The number of carbonyl (C=O) groups is 1. The molecule has 0 saturated carbocycles. The van der Waals surface area contributed by atoms with E-state index < -0.39 is 0 Å². The molecule has 0 aliphatic rings. The van der Waals surface area contributed by atoms with Crippen LogP contribution in [0.25, 0.3) is 6.08 Å². The van der Waals surface area contributed by atoms with E-state index in [1.165, 1.54) is 18.2 Å². The highest BCUT2D eigenvalue weighted by molar-refractivity contribution is 5.73. The zero-order valence-electron chi connectivity index (χ0n) is 18.7. The topological polar surface area (TPSA) is 38.8 Å². The van der Waals surface area contributed by atoms with Crippen molar-refractivity contribution in [2.45, 2.75) is 40.2 Å². The highest BCUT2D eigenvalue weighted by atomic mass is 16.5. The second-order valence-electron chi connectivity index (χ2n) is 6.83. The first kappa shape index (κ1) is 24.4. The van der Waals surface area contributed by atoms with Gasteiger partial charge in [0.25, 0.3) is 0 Å². The summed E-state index contributed by atoms with van der Waals surface area (Å²) in [5, 5.41) is 0. The number of ether oxygens (including phenoxy) is 2. The van der Waals surface area contributed by atoms with Crippen LogP contribution in [-0.2, 0) is 22.6 Å². The summed E-state index contributed by atoms with van der Waals surface area (Å²) in [5.74, 6) is 0.569. The number of nitrogens with zero attached hydrogens (tertiary/aromatic N) is 1. The largest absolute Gasteiger partial charge is 0.488 e. The second-order valence-corrected chi connectivity index (χ2v) is 6.83. The maximum absolute atomic E-state index is 11.6. The Kier molecular flexibility index (Phi) is 11.4. The molecule has 0 unspecified atom stereocenters. The van der Waals surface area contributed by atoms with Gasteiger partial charge in [-0.3, -0.25) is 4.79 Å². The minimum atomic E-state index is -0.244. The van der Waals surface area contributed by atoms with Crippen molar-refractivity contribution in [3.8, 4) is 5.75 Å². The Bertz CT molecular complexity index is 781. The molecule has 0 N–H and O–H groups in total. The van der Waals surface area contributed by atoms with Crippen LogP contribution in [0.2, 0.25) is 0 Å². The Morgan fingerprint density at radius 2 is 1.83 bits per heavy atom. The predicted molar refractivity (Wildman–Crippen MR) is 121 cm³/mol. The van der Waals surface area contributed by atoms with E-state index in [1.54, 1.807) is 0 Å². The number of aryl methyl sites for hydroxylation is 1. The molecule has 2 rings (SSSR count). The van der Waals surface area contributed by atoms with Crippen LogP contribution in [0.4, 0.5) is 0 Å². The smallest absolute Gasteiger partial charge is 0.309 e. The number of benzene rings is 2. The highest BCUT2D eigenvalue weighted by Gasteiger charge is 2.08. The molecule has 0 saturated heterocycles. The Balaban J connectivity index is 0.00000204. The van der Waals surface area contributed by atoms with Gasteiger partial charge in [-0.15, -0.1) is 0 Å². The van der Waals surface area contributed by atoms with Gasteiger partial charge in [0.2, 0.25) is 0 Å². The highest BCUT2D eigenvalue weighted by Crippen LogP contribution is 2.24. The van der Waals surface area contributed by atoms with Crippen molar-refractivity contribution in [2.24, 2.45) is 0 Å². The minimum absolute atomic E-state index is 0.244. The van der Waals surface area contributed by atoms with Gasteiger partial charge in [-0.1, -0.05) is 56.3 Å². The molecule has 4 nitrogen and oxygen atoms in total. The van der Waals surface area contributed by atoms with Crippen LogP contribution in [0.3, 0.4) is 0 Å². The number of hydrogen-bond donors (Lipinski definition) is 0. The maximum Gasteiger partial charge on any atom is 0.309 e.